The average Bonchev–Trinajstić information content (AvgIpc) is 2.14. The summed E-state index contributed by atoms with van der Waals surface area (Å²) in [5, 5.41) is 0. The smallest absolute Gasteiger partial charge is 0.418 e. The van der Waals surface area contributed by atoms with Crippen molar-refractivity contribution in [3.63, 3.8) is 0 Å². The molecule has 0 radical (unpaired) electrons. The number of halogens is 4. The van der Waals surface area contributed by atoms with Crippen molar-refractivity contribution >= 4 is 23.1 Å². The van der Waals surface area contributed by atoms with Gasteiger partial charge in [0, 0.05) is 6.08 Å². The Kier molecular flexibility index (Phi) is 5.27. The molecule has 0 spiro atoms. The van der Waals surface area contributed by atoms with Gasteiger partial charge in [-0.15, -0.1) is 0 Å². The molecule has 0 saturated heterocycles. The summed E-state index contributed by atoms with van der Waals surface area (Å²) in [5.74, 6) is 0. The number of hydrogen-bond donors (Lipinski definition) is 1. The topological polar surface area (TPSA) is 90.8 Å². The van der Waals surface area contributed by atoms with Crippen molar-refractivity contribution in [2.24, 2.45) is 0 Å². The Labute approximate surface area is 93.9 Å². The fourth-order valence-electron chi connectivity index (χ4n) is 0.785. The van der Waals surface area contributed by atoms with E-state index in [0.29, 0.717) is 5.71 Å². The number of allylic oxidation sites excluding steroid dienone is 3. The maximum Gasteiger partial charge on any atom is 0.673 e. The fourth-order valence-corrected chi connectivity index (χ4v) is 1.32. The van der Waals surface area contributed by atoms with E-state index in [9.17, 15) is 25.7 Å². The van der Waals surface area contributed by atoms with Gasteiger partial charge in [0.1, 0.15) is 0 Å². The standard InChI is InChI=1S/C6H6N2O3S.BF4/c7-8-5-1-3-6(4-2-5)12(9,10)11;2-1(3,4)5/h1,3-4H,2H2,(H,9,10,11);/q;-1. The van der Waals surface area contributed by atoms with Crippen molar-refractivity contribution in [1.29, 1.82) is 0 Å². The second-order valence-corrected chi connectivity index (χ2v) is 4.13. The molecule has 17 heavy (non-hydrogen) atoms. The summed E-state index contributed by atoms with van der Waals surface area (Å²) in [5.41, 5.74) is 8.63. The van der Waals surface area contributed by atoms with E-state index < -0.39 is 17.4 Å². The van der Waals surface area contributed by atoms with Crippen LogP contribution in [0.5, 0.6) is 0 Å². The van der Waals surface area contributed by atoms with Gasteiger partial charge in [0.05, 0.1) is 11.3 Å². The number of hydrogen-bond acceptors (Lipinski definition) is 2. The Hall–Kier alpha value is -1.45. The van der Waals surface area contributed by atoms with Gasteiger partial charge < -0.3 is 22.8 Å². The van der Waals surface area contributed by atoms with E-state index in [0.717, 1.165) is 0 Å². The van der Waals surface area contributed by atoms with Crippen LogP contribution in [0.15, 0.2) is 23.1 Å². The van der Waals surface area contributed by atoms with Crippen LogP contribution in [0.3, 0.4) is 0 Å². The molecule has 0 aromatic heterocycles. The predicted octanol–water partition coefficient (Wildman–Crippen LogP) is 1.69. The quantitative estimate of drug-likeness (QED) is 0.259. The Morgan fingerprint density at radius 1 is 1.29 bits per heavy atom. The second kappa shape index (κ2) is 5.76. The van der Waals surface area contributed by atoms with Gasteiger partial charge in [0.25, 0.3) is 15.8 Å². The van der Waals surface area contributed by atoms with Gasteiger partial charge in [0.15, 0.2) is 0 Å². The molecule has 0 aromatic rings. The molecule has 0 bridgehead atoms. The van der Waals surface area contributed by atoms with Crippen molar-refractivity contribution in [2.75, 3.05) is 0 Å². The summed E-state index contributed by atoms with van der Waals surface area (Å²) in [6.07, 6.45) is 3.96. The minimum absolute atomic E-state index is 0.171. The zero-order valence-electron chi connectivity index (χ0n) is 8.09. The molecule has 1 N–H and O–H groups in total. The molecular formula is C6H6BF4N2O3S-. The highest BCUT2D eigenvalue weighted by Gasteiger charge is 2.20. The van der Waals surface area contributed by atoms with Crippen LogP contribution in [0, 0.1) is 0 Å². The summed E-state index contributed by atoms with van der Waals surface area (Å²) < 4.78 is 68.6. The summed E-state index contributed by atoms with van der Waals surface area (Å²) in [6.45, 7) is 0. The normalized spacial score (nSPS) is 15.6. The van der Waals surface area contributed by atoms with Gasteiger partial charge in [-0.1, -0.05) is 6.08 Å². The third kappa shape index (κ3) is 8.37. The molecular weight excluding hydrogens is 267 g/mol. The van der Waals surface area contributed by atoms with Gasteiger partial charge in [-0.2, -0.15) is 13.2 Å². The highest BCUT2D eigenvalue weighted by Crippen LogP contribution is 2.12. The molecule has 0 saturated carbocycles. The summed E-state index contributed by atoms with van der Waals surface area (Å²) in [6, 6.07) is 0. The van der Waals surface area contributed by atoms with Crippen molar-refractivity contribution < 1.29 is 35.0 Å². The minimum atomic E-state index is -6.00. The molecule has 5 nitrogen and oxygen atoms in total. The molecule has 11 heteroatoms. The van der Waals surface area contributed by atoms with Crippen LogP contribution in [0.2, 0.25) is 0 Å². The van der Waals surface area contributed by atoms with Gasteiger partial charge in [0.2, 0.25) is 0 Å². The van der Waals surface area contributed by atoms with E-state index in [-0.39, 0.29) is 11.3 Å². The number of rotatable bonds is 1. The first-order valence-corrected chi connectivity index (χ1v) is 5.42. The lowest BCUT2D eigenvalue weighted by Crippen LogP contribution is -2.05. The molecule has 0 aromatic carbocycles. The zero-order valence-corrected chi connectivity index (χ0v) is 8.91. The van der Waals surface area contributed by atoms with E-state index in [1.165, 1.54) is 18.2 Å². The Balaban J connectivity index is 0.000000437. The summed E-state index contributed by atoms with van der Waals surface area (Å²) >= 11 is 0. The van der Waals surface area contributed by atoms with E-state index >= 15 is 0 Å². The molecule has 96 valence electrons. The molecule has 0 atom stereocenters. The maximum absolute atomic E-state index is 10.5. The molecule has 0 heterocycles. The lowest BCUT2D eigenvalue weighted by molar-refractivity contribution is -0.00538. The SMILES string of the molecule is F[B-](F)(F)F.[N-]=[N+]=C1C=CC(S(=O)(=O)O)=CC1. The zero-order chi connectivity index (χ0) is 13.7. The third-order valence-corrected chi connectivity index (χ3v) is 2.28. The van der Waals surface area contributed by atoms with E-state index in [4.69, 9.17) is 10.1 Å². The largest absolute Gasteiger partial charge is 0.673 e. The van der Waals surface area contributed by atoms with Crippen molar-refractivity contribution in [3.8, 4) is 0 Å². The first kappa shape index (κ1) is 15.6. The van der Waals surface area contributed by atoms with Crippen molar-refractivity contribution in [1.82, 2.24) is 0 Å². The van der Waals surface area contributed by atoms with Gasteiger partial charge in [-0.3, -0.25) is 4.55 Å². The molecule has 0 unspecified atom stereocenters. The fraction of sp³-hybridized carbons (Fsp3) is 0.167. The van der Waals surface area contributed by atoms with Crippen LogP contribution in [-0.2, 0) is 10.1 Å². The van der Waals surface area contributed by atoms with E-state index in [1.807, 2.05) is 0 Å². The van der Waals surface area contributed by atoms with Gasteiger partial charge >= 0.3 is 7.25 Å². The highest BCUT2D eigenvalue weighted by molar-refractivity contribution is 7.90. The van der Waals surface area contributed by atoms with E-state index in [2.05, 4.69) is 4.79 Å². The third-order valence-electron chi connectivity index (χ3n) is 1.38. The Bertz CT molecular complexity index is 484. The van der Waals surface area contributed by atoms with Crippen LogP contribution in [-0.4, -0.2) is 30.7 Å². The second-order valence-electron chi connectivity index (χ2n) is 2.71. The lowest BCUT2D eigenvalue weighted by Gasteiger charge is -1.99. The molecule has 1 aliphatic rings. The monoisotopic (exact) mass is 273 g/mol. The molecule has 1 rings (SSSR count). The predicted molar refractivity (Wildman–Crippen MR) is 52.2 cm³/mol. The first-order valence-electron chi connectivity index (χ1n) is 3.98. The molecule has 0 aliphatic heterocycles. The Morgan fingerprint density at radius 2 is 1.76 bits per heavy atom. The average molecular weight is 273 g/mol. The van der Waals surface area contributed by atoms with Crippen LogP contribution < -0.4 is 0 Å². The van der Waals surface area contributed by atoms with Crippen LogP contribution in [0.1, 0.15) is 6.42 Å². The van der Waals surface area contributed by atoms with Crippen molar-refractivity contribution in [3.05, 3.63) is 28.7 Å². The molecule has 0 amide bonds. The van der Waals surface area contributed by atoms with Crippen LogP contribution >= 0.6 is 0 Å². The lowest BCUT2D eigenvalue weighted by atomic mass is 10.2. The summed E-state index contributed by atoms with van der Waals surface area (Å²) in [4.78, 5) is 2.70. The van der Waals surface area contributed by atoms with Crippen LogP contribution in [0.4, 0.5) is 17.3 Å². The van der Waals surface area contributed by atoms with Gasteiger partial charge in [-0.05, 0) is 6.08 Å². The van der Waals surface area contributed by atoms with Crippen LogP contribution in [0.25, 0.3) is 5.53 Å². The minimum Gasteiger partial charge on any atom is -0.418 e. The molecule has 1 aliphatic carbocycles. The van der Waals surface area contributed by atoms with Crippen molar-refractivity contribution in [2.45, 2.75) is 6.42 Å². The summed E-state index contributed by atoms with van der Waals surface area (Å²) in [7, 11) is -10.1. The van der Waals surface area contributed by atoms with E-state index in [1.54, 1.807) is 0 Å². The van der Waals surface area contributed by atoms with Gasteiger partial charge in [-0.25, -0.2) is 0 Å². The first-order chi connectivity index (χ1) is 7.54. The molecule has 0 fully saturated rings. The maximum atomic E-state index is 10.5. The number of nitrogens with zero attached hydrogens (tertiary/aromatic N) is 2. The highest BCUT2D eigenvalue weighted by atomic mass is 32.2. The Morgan fingerprint density at radius 3 is 2.00 bits per heavy atom.